The molecule has 1 aromatic rings. The summed E-state index contributed by atoms with van der Waals surface area (Å²) in [7, 11) is 0. The second-order valence-electron chi connectivity index (χ2n) is 7.91. The molecule has 1 rings (SSSR count). The first-order valence-electron chi connectivity index (χ1n) is 10.3. The number of hydrogen-bond donors (Lipinski definition) is 0. The Labute approximate surface area is 174 Å². The van der Waals surface area contributed by atoms with Gasteiger partial charge in [-0.15, -0.1) is 0 Å². The van der Waals surface area contributed by atoms with E-state index in [0.29, 0.717) is 0 Å². The number of likely N-dealkylation sites (N-methyl/N-ethyl adjacent to an activating group) is 1. The van der Waals surface area contributed by atoms with Gasteiger partial charge in [0.25, 0.3) is 0 Å². The van der Waals surface area contributed by atoms with Crippen LogP contribution >= 0.6 is 0 Å². The number of benzene rings is 1. The van der Waals surface area contributed by atoms with Crippen molar-refractivity contribution in [3.05, 3.63) is 90.2 Å². The van der Waals surface area contributed by atoms with Crippen LogP contribution in [0.15, 0.2) is 84.6 Å². The molecule has 0 aliphatic heterocycles. The van der Waals surface area contributed by atoms with Crippen LogP contribution in [0.1, 0.15) is 60.5 Å². The largest absolute Gasteiger partial charge is 0.342 e. The first-order valence-corrected chi connectivity index (χ1v) is 10.3. The Balaban J connectivity index is 0.000000576. The van der Waals surface area contributed by atoms with Gasteiger partial charge in [0, 0.05) is 17.9 Å². The van der Waals surface area contributed by atoms with Gasteiger partial charge in [-0.25, -0.2) is 0 Å². The van der Waals surface area contributed by atoms with Crippen molar-refractivity contribution >= 4 is 5.69 Å². The van der Waals surface area contributed by atoms with Crippen LogP contribution in [0.2, 0.25) is 0 Å². The highest BCUT2D eigenvalue weighted by Gasteiger charge is 2.15. The Morgan fingerprint density at radius 3 is 1.96 bits per heavy atom. The van der Waals surface area contributed by atoms with Crippen LogP contribution in [-0.2, 0) is 0 Å². The molecule has 1 aromatic carbocycles. The van der Waals surface area contributed by atoms with Crippen molar-refractivity contribution in [3.63, 3.8) is 0 Å². The molecule has 0 saturated heterocycles. The smallest absolute Gasteiger partial charge is 0.0410 e. The van der Waals surface area contributed by atoms with Crippen molar-refractivity contribution in [2.75, 3.05) is 11.4 Å². The third-order valence-corrected chi connectivity index (χ3v) is 4.60. The van der Waals surface area contributed by atoms with Crippen LogP contribution in [0.5, 0.6) is 0 Å². The number of hydrogen-bond acceptors (Lipinski definition) is 1. The summed E-state index contributed by atoms with van der Waals surface area (Å²) in [4.78, 5) is 2.26. The summed E-state index contributed by atoms with van der Waals surface area (Å²) < 4.78 is 0. The summed E-state index contributed by atoms with van der Waals surface area (Å²) in [5.74, 6) is 0. The van der Waals surface area contributed by atoms with Crippen LogP contribution in [0.25, 0.3) is 0 Å². The van der Waals surface area contributed by atoms with Gasteiger partial charge in [-0.1, -0.05) is 82.4 Å². The second-order valence-corrected chi connectivity index (χ2v) is 7.91. The third kappa shape index (κ3) is 8.61. The van der Waals surface area contributed by atoms with E-state index in [2.05, 4.69) is 96.9 Å². The minimum atomic E-state index is 0.252. The SMILES string of the molecule is C=C/C(=C(/C)CC)C(C)(C)C.C=C/C=C(\C=C/C)N(CC)c1ccc(C)cc1. The first kappa shape index (κ1) is 25.7. The molecule has 154 valence electrons. The van der Waals surface area contributed by atoms with E-state index < -0.39 is 0 Å². The highest BCUT2D eigenvalue weighted by molar-refractivity contribution is 5.55. The summed E-state index contributed by atoms with van der Waals surface area (Å²) >= 11 is 0. The maximum atomic E-state index is 3.84. The number of aryl methyl sites for hydroxylation is 1. The van der Waals surface area contributed by atoms with Gasteiger partial charge in [0.2, 0.25) is 0 Å². The Bertz CT molecular complexity index is 691. The predicted molar refractivity (Wildman–Crippen MR) is 130 cm³/mol. The number of rotatable bonds is 7. The minimum Gasteiger partial charge on any atom is -0.342 e. The zero-order valence-electron chi connectivity index (χ0n) is 19.5. The van der Waals surface area contributed by atoms with E-state index in [1.807, 2.05) is 31.2 Å². The maximum absolute atomic E-state index is 3.84. The van der Waals surface area contributed by atoms with Crippen molar-refractivity contribution in [1.29, 1.82) is 0 Å². The molecule has 28 heavy (non-hydrogen) atoms. The van der Waals surface area contributed by atoms with Crippen LogP contribution in [0.4, 0.5) is 5.69 Å². The fraction of sp³-hybridized carbons (Fsp3) is 0.407. The van der Waals surface area contributed by atoms with E-state index in [9.17, 15) is 0 Å². The van der Waals surface area contributed by atoms with Crippen LogP contribution in [-0.4, -0.2) is 6.54 Å². The molecule has 0 aromatic heterocycles. The van der Waals surface area contributed by atoms with Crippen molar-refractivity contribution in [3.8, 4) is 0 Å². The average Bonchev–Trinajstić information content (AvgIpc) is 2.64. The Morgan fingerprint density at radius 1 is 1.07 bits per heavy atom. The summed E-state index contributed by atoms with van der Waals surface area (Å²) in [6.45, 7) is 25.9. The molecule has 1 nitrogen and oxygen atoms in total. The normalized spacial score (nSPS) is 12.8. The van der Waals surface area contributed by atoms with Crippen LogP contribution < -0.4 is 4.90 Å². The fourth-order valence-corrected chi connectivity index (χ4v) is 3.08. The molecular weight excluding hydrogens is 338 g/mol. The van der Waals surface area contributed by atoms with Gasteiger partial charge in [-0.3, -0.25) is 0 Å². The topological polar surface area (TPSA) is 3.24 Å². The van der Waals surface area contributed by atoms with E-state index in [1.165, 1.54) is 22.4 Å². The molecule has 0 radical (unpaired) electrons. The number of allylic oxidation sites excluding steroid dienone is 7. The molecule has 0 heterocycles. The molecule has 0 unspecified atom stereocenters. The fourth-order valence-electron chi connectivity index (χ4n) is 3.08. The van der Waals surface area contributed by atoms with Crippen LogP contribution in [0.3, 0.4) is 0 Å². The molecule has 0 amide bonds. The van der Waals surface area contributed by atoms with Gasteiger partial charge in [-0.05, 0) is 69.4 Å². The quantitative estimate of drug-likeness (QED) is 0.430. The Morgan fingerprint density at radius 2 is 1.64 bits per heavy atom. The molecule has 1 heteroatoms. The number of anilines is 1. The Hall–Kier alpha value is -2.28. The van der Waals surface area contributed by atoms with Crippen molar-refractivity contribution in [2.24, 2.45) is 5.41 Å². The third-order valence-electron chi connectivity index (χ3n) is 4.60. The predicted octanol–water partition coefficient (Wildman–Crippen LogP) is 8.41. The molecule has 0 aliphatic carbocycles. The molecular formula is C27H41N. The van der Waals surface area contributed by atoms with Crippen molar-refractivity contribution in [1.82, 2.24) is 0 Å². The lowest BCUT2D eigenvalue weighted by atomic mass is 9.83. The van der Waals surface area contributed by atoms with E-state index in [0.717, 1.165) is 18.7 Å². The standard InChI is InChI=1S/C16H21N.C11H20/c1-5-8-15(9-6-2)17(7-3)16-12-10-14(4)11-13-16;1-7-9(3)10(8-2)11(4,5)6/h5-6,8-13H,1,7H2,2-4H3;8H,2,7H2,1,3-6H3/b9-6-,15-8+;10-9+. The zero-order chi connectivity index (χ0) is 21.7. The molecule has 0 saturated carbocycles. The van der Waals surface area contributed by atoms with Gasteiger partial charge in [0.05, 0.1) is 0 Å². The van der Waals surface area contributed by atoms with Crippen LogP contribution in [0, 0.1) is 12.3 Å². The highest BCUT2D eigenvalue weighted by atomic mass is 15.1. The minimum absolute atomic E-state index is 0.252. The highest BCUT2D eigenvalue weighted by Crippen LogP contribution is 2.29. The monoisotopic (exact) mass is 379 g/mol. The van der Waals surface area contributed by atoms with Crippen molar-refractivity contribution in [2.45, 2.75) is 61.8 Å². The van der Waals surface area contributed by atoms with E-state index >= 15 is 0 Å². The summed E-state index contributed by atoms with van der Waals surface area (Å²) in [5.41, 5.74) is 6.75. The van der Waals surface area contributed by atoms with Gasteiger partial charge in [-0.2, -0.15) is 0 Å². The van der Waals surface area contributed by atoms with E-state index in [-0.39, 0.29) is 5.41 Å². The molecule has 0 bridgehead atoms. The summed E-state index contributed by atoms with van der Waals surface area (Å²) in [6, 6.07) is 8.58. The molecule has 0 spiro atoms. The Kier molecular flexibility index (Phi) is 11.9. The summed E-state index contributed by atoms with van der Waals surface area (Å²) in [5, 5.41) is 0. The lowest BCUT2D eigenvalue weighted by molar-refractivity contribution is 0.510. The lowest BCUT2D eigenvalue weighted by Gasteiger charge is -2.24. The molecule has 0 aliphatic rings. The number of nitrogens with zero attached hydrogens (tertiary/aromatic N) is 1. The first-order chi connectivity index (χ1) is 13.2. The second kappa shape index (κ2) is 13.0. The van der Waals surface area contributed by atoms with Crippen molar-refractivity contribution < 1.29 is 0 Å². The molecule has 0 fully saturated rings. The van der Waals surface area contributed by atoms with Gasteiger partial charge in [0.1, 0.15) is 0 Å². The van der Waals surface area contributed by atoms with E-state index in [1.54, 1.807) is 0 Å². The molecule has 0 atom stereocenters. The lowest BCUT2D eigenvalue weighted by Crippen LogP contribution is -2.20. The maximum Gasteiger partial charge on any atom is 0.0410 e. The zero-order valence-corrected chi connectivity index (χ0v) is 19.5. The average molecular weight is 380 g/mol. The van der Waals surface area contributed by atoms with Gasteiger partial charge < -0.3 is 4.90 Å². The summed E-state index contributed by atoms with van der Waals surface area (Å²) in [6.07, 6.45) is 11.1. The van der Waals surface area contributed by atoms with Gasteiger partial charge >= 0.3 is 0 Å². The molecule has 0 N–H and O–H groups in total. The van der Waals surface area contributed by atoms with E-state index in [4.69, 9.17) is 0 Å². The van der Waals surface area contributed by atoms with Gasteiger partial charge in [0.15, 0.2) is 0 Å².